The van der Waals surface area contributed by atoms with Crippen molar-refractivity contribution in [1.29, 1.82) is 0 Å². The van der Waals surface area contributed by atoms with Gasteiger partial charge in [-0.25, -0.2) is 4.98 Å². The van der Waals surface area contributed by atoms with E-state index in [2.05, 4.69) is 41.7 Å². The van der Waals surface area contributed by atoms with Crippen molar-refractivity contribution in [3.63, 3.8) is 0 Å². The Bertz CT molecular complexity index is 718. The fourth-order valence-corrected chi connectivity index (χ4v) is 2.57. The second kappa shape index (κ2) is 7.63. The van der Waals surface area contributed by atoms with Crippen LogP contribution in [-0.4, -0.2) is 16.1 Å². The molecule has 117 valence electrons. The van der Waals surface area contributed by atoms with Gasteiger partial charge in [-0.2, -0.15) is 0 Å². The fourth-order valence-electron chi connectivity index (χ4n) is 2.57. The highest BCUT2D eigenvalue weighted by Gasteiger charge is 2.03. The minimum absolute atomic E-state index is 0.896. The fraction of sp³-hybridized carbons (Fsp3) is 0.250. The zero-order chi connectivity index (χ0) is 15.9. The summed E-state index contributed by atoms with van der Waals surface area (Å²) in [7, 11) is 0. The van der Waals surface area contributed by atoms with Gasteiger partial charge in [-0.15, -0.1) is 0 Å². The molecule has 1 aromatic carbocycles. The molecular weight excluding hydrogens is 282 g/mol. The number of nitrogens with one attached hydrogen (secondary N) is 1. The Hall–Kier alpha value is -2.55. The van der Waals surface area contributed by atoms with Gasteiger partial charge < -0.3 is 9.88 Å². The molecule has 23 heavy (non-hydrogen) atoms. The highest BCUT2D eigenvalue weighted by Crippen LogP contribution is 2.15. The summed E-state index contributed by atoms with van der Waals surface area (Å²) in [5.74, 6) is 1.82. The molecule has 0 saturated heterocycles. The molecule has 0 bridgehead atoms. The number of aromatic nitrogens is 2. The van der Waals surface area contributed by atoms with E-state index in [1.807, 2.05) is 42.1 Å². The van der Waals surface area contributed by atoms with Crippen molar-refractivity contribution in [2.75, 3.05) is 11.9 Å². The molecule has 0 unspecified atom stereocenters. The van der Waals surface area contributed by atoms with Crippen molar-refractivity contribution in [3.8, 4) is 5.82 Å². The summed E-state index contributed by atoms with van der Waals surface area (Å²) in [4.78, 5) is 4.69. The van der Waals surface area contributed by atoms with Crippen LogP contribution in [0.25, 0.3) is 5.82 Å². The van der Waals surface area contributed by atoms with Crippen molar-refractivity contribution < 1.29 is 0 Å². The lowest BCUT2D eigenvalue weighted by atomic mass is 10.1. The molecule has 0 fully saturated rings. The van der Waals surface area contributed by atoms with Crippen molar-refractivity contribution in [2.24, 2.45) is 0 Å². The third-order valence-electron chi connectivity index (χ3n) is 3.90. The summed E-state index contributed by atoms with van der Waals surface area (Å²) in [6.07, 6.45) is 7.43. The Morgan fingerprint density at radius 2 is 1.83 bits per heavy atom. The van der Waals surface area contributed by atoms with Crippen LogP contribution < -0.4 is 5.32 Å². The summed E-state index contributed by atoms with van der Waals surface area (Å²) in [6.45, 7) is 2.97. The van der Waals surface area contributed by atoms with Gasteiger partial charge in [0.05, 0.1) is 0 Å². The normalized spacial score (nSPS) is 10.7. The molecule has 2 aromatic heterocycles. The standard InChI is InChI=1S/C20H22N3/c1-17-12-13-19(23-15-7-8-16-23)22-20(17)21-14-6-5-11-18-9-3-2-4-10-18/h2-4,7-10,13,15-16H,5-6,11,14H2,1H3,(H,21,22). The van der Waals surface area contributed by atoms with Crippen LogP contribution in [0.5, 0.6) is 0 Å². The van der Waals surface area contributed by atoms with Gasteiger partial charge >= 0.3 is 0 Å². The molecule has 0 spiro atoms. The monoisotopic (exact) mass is 304 g/mol. The van der Waals surface area contributed by atoms with Crippen LogP contribution in [0.3, 0.4) is 0 Å². The maximum absolute atomic E-state index is 4.69. The lowest BCUT2D eigenvalue weighted by Gasteiger charge is -2.11. The Morgan fingerprint density at radius 1 is 1.04 bits per heavy atom. The first-order valence-electron chi connectivity index (χ1n) is 8.13. The number of benzene rings is 1. The predicted molar refractivity (Wildman–Crippen MR) is 95.0 cm³/mol. The van der Waals surface area contributed by atoms with Gasteiger partial charge in [-0.3, -0.25) is 0 Å². The zero-order valence-corrected chi connectivity index (χ0v) is 13.5. The number of hydrogen-bond donors (Lipinski definition) is 1. The van der Waals surface area contributed by atoms with Crippen molar-refractivity contribution >= 4 is 5.82 Å². The van der Waals surface area contributed by atoms with E-state index >= 15 is 0 Å². The number of rotatable bonds is 7. The van der Waals surface area contributed by atoms with Crippen LogP contribution in [0, 0.1) is 13.0 Å². The Morgan fingerprint density at radius 3 is 2.61 bits per heavy atom. The lowest BCUT2D eigenvalue weighted by Crippen LogP contribution is -2.07. The summed E-state index contributed by atoms with van der Waals surface area (Å²) < 4.78 is 2.00. The Balaban J connectivity index is 1.51. The topological polar surface area (TPSA) is 29.9 Å². The highest BCUT2D eigenvalue weighted by atomic mass is 15.1. The number of aryl methyl sites for hydroxylation is 2. The third kappa shape index (κ3) is 4.22. The van der Waals surface area contributed by atoms with Crippen molar-refractivity contribution in [1.82, 2.24) is 9.55 Å². The van der Waals surface area contributed by atoms with E-state index in [1.54, 1.807) is 0 Å². The zero-order valence-electron chi connectivity index (χ0n) is 13.5. The second-order valence-corrected chi connectivity index (χ2v) is 5.69. The first-order chi connectivity index (χ1) is 11.3. The molecule has 0 aliphatic heterocycles. The van der Waals surface area contributed by atoms with Gasteiger partial charge in [-0.05, 0) is 61.6 Å². The second-order valence-electron chi connectivity index (χ2n) is 5.69. The number of unbranched alkanes of at least 4 members (excludes halogenated alkanes) is 1. The molecule has 2 heterocycles. The molecule has 3 aromatic rings. The maximum atomic E-state index is 4.69. The van der Waals surface area contributed by atoms with E-state index < -0.39 is 0 Å². The van der Waals surface area contributed by atoms with Crippen molar-refractivity contribution in [3.05, 3.63) is 78.1 Å². The van der Waals surface area contributed by atoms with Gasteiger partial charge in [0, 0.05) is 18.9 Å². The quantitative estimate of drug-likeness (QED) is 0.655. The van der Waals surface area contributed by atoms with Crippen molar-refractivity contribution in [2.45, 2.75) is 26.2 Å². The van der Waals surface area contributed by atoms with Gasteiger partial charge in [0.25, 0.3) is 0 Å². The molecule has 3 nitrogen and oxygen atoms in total. The third-order valence-corrected chi connectivity index (χ3v) is 3.90. The number of anilines is 1. The molecule has 1 radical (unpaired) electrons. The molecule has 0 amide bonds. The molecule has 3 rings (SSSR count). The molecule has 0 atom stereocenters. The SMILES string of the molecule is Cc1[c]cc(-n2cccc2)nc1NCCCCc1ccccc1. The van der Waals surface area contributed by atoms with Gasteiger partial charge in [0.15, 0.2) is 0 Å². The van der Waals surface area contributed by atoms with Crippen LogP contribution in [0.1, 0.15) is 24.0 Å². The van der Waals surface area contributed by atoms with E-state index in [-0.39, 0.29) is 0 Å². The largest absolute Gasteiger partial charge is 0.370 e. The lowest BCUT2D eigenvalue weighted by molar-refractivity contribution is 0.760. The molecule has 0 saturated carbocycles. The van der Waals surface area contributed by atoms with Gasteiger partial charge in [0.1, 0.15) is 11.6 Å². The first-order valence-corrected chi connectivity index (χ1v) is 8.13. The highest BCUT2D eigenvalue weighted by molar-refractivity contribution is 5.46. The van der Waals surface area contributed by atoms with E-state index in [9.17, 15) is 0 Å². The van der Waals surface area contributed by atoms with Crippen LogP contribution >= 0.6 is 0 Å². The van der Waals surface area contributed by atoms with Gasteiger partial charge in [0.2, 0.25) is 0 Å². The molecular formula is C20H22N3. The van der Waals surface area contributed by atoms with Gasteiger partial charge in [-0.1, -0.05) is 30.3 Å². The van der Waals surface area contributed by atoms with E-state index in [4.69, 9.17) is 4.98 Å². The summed E-state index contributed by atoms with van der Waals surface area (Å²) >= 11 is 0. The van der Waals surface area contributed by atoms with Crippen LogP contribution in [0.2, 0.25) is 0 Å². The number of nitrogens with zero attached hydrogens (tertiary/aromatic N) is 2. The minimum Gasteiger partial charge on any atom is -0.370 e. The average molecular weight is 304 g/mol. The molecule has 0 aliphatic carbocycles. The predicted octanol–water partition coefficient (Wildman–Crippen LogP) is 4.42. The van der Waals surface area contributed by atoms with E-state index in [1.165, 1.54) is 12.0 Å². The molecule has 3 heteroatoms. The summed E-state index contributed by atoms with van der Waals surface area (Å²) in [6, 6.07) is 19.8. The van der Waals surface area contributed by atoms with Crippen LogP contribution in [0.15, 0.2) is 60.9 Å². The van der Waals surface area contributed by atoms with Crippen LogP contribution in [0.4, 0.5) is 5.82 Å². The smallest absolute Gasteiger partial charge is 0.139 e. The summed E-state index contributed by atoms with van der Waals surface area (Å²) in [5, 5.41) is 3.45. The van der Waals surface area contributed by atoms with E-state index in [0.29, 0.717) is 0 Å². The Kier molecular flexibility index (Phi) is 5.09. The Labute approximate surface area is 138 Å². The van der Waals surface area contributed by atoms with E-state index in [0.717, 1.165) is 36.6 Å². The minimum atomic E-state index is 0.896. The number of pyridine rings is 1. The van der Waals surface area contributed by atoms with Crippen LogP contribution in [-0.2, 0) is 6.42 Å². The number of hydrogen-bond acceptors (Lipinski definition) is 2. The average Bonchev–Trinajstić information content (AvgIpc) is 3.11. The molecule has 1 N–H and O–H groups in total. The molecule has 0 aliphatic rings. The summed E-state index contributed by atoms with van der Waals surface area (Å²) in [5.41, 5.74) is 2.47. The maximum Gasteiger partial charge on any atom is 0.139 e. The first kappa shape index (κ1) is 15.3.